The van der Waals surface area contributed by atoms with E-state index in [0.717, 1.165) is 24.5 Å². The lowest BCUT2D eigenvalue weighted by Gasteiger charge is -2.31. The summed E-state index contributed by atoms with van der Waals surface area (Å²) in [5.41, 5.74) is 2.08. The van der Waals surface area contributed by atoms with Crippen LogP contribution in [-0.4, -0.2) is 39.7 Å². The van der Waals surface area contributed by atoms with Gasteiger partial charge in [0.05, 0.1) is 24.0 Å². The van der Waals surface area contributed by atoms with E-state index in [1.807, 2.05) is 36.5 Å². The second-order valence-corrected chi connectivity index (χ2v) is 4.34. The first-order chi connectivity index (χ1) is 7.58. The number of amides is 1. The zero-order valence-corrected chi connectivity index (χ0v) is 10.0. The highest BCUT2D eigenvalue weighted by Crippen LogP contribution is 2.09. The Morgan fingerprint density at radius 1 is 1.62 bits per heavy atom. The average Bonchev–Trinajstić information content (AvgIpc) is 2.53. The third-order valence-corrected chi connectivity index (χ3v) is 2.97. The van der Waals surface area contributed by atoms with Crippen LogP contribution in [-0.2, 0) is 18.4 Å². The summed E-state index contributed by atoms with van der Waals surface area (Å²) < 4.78 is 1.84. The summed E-state index contributed by atoms with van der Waals surface area (Å²) in [5, 5.41) is 7.44. The molecule has 5 nitrogen and oxygen atoms in total. The van der Waals surface area contributed by atoms with Gasteiger partial charge in [0.15, 0.2) is 0 Å². The van der Waals surface area contributed by atoms with Crippen molar-refractivity contribution in [2.45, 2.75) is 26.4 Å². The lowest BCUT2D eigenvalue weighted by atomic mass is 10.2. The molecule has 1 aromatic rings. The standard InChI is InChI=1S/C11H18N4O/c1-8-6-10(14(3)13-8)7-15-5-4-12-9(2)11(15)16/h6,9,12H,4-5,7H2,1-3H3. The van der Waals surface area contributed by atoms with E-state index in [-0.39, 0.29) is 11.9 Å². The van der Waals surface area contributed by atoms with Crippen LogP contribution in [0, 0.1) is 6.92 Å². The Hall–Kier alpha value is -1.36. The number of carbonyl (C=O) groups excluding carboxylic acids is 1. The third kappa shape index (κ3) is 2.09. The molecule has 16 heavy (non-hydrogen) atoms. The molecule has 1 aliphatic rings. The summed E-state index contributed by atoms with van der Waals surface area (Å²) in [4.78, 5) is 13.8. The van der Waals surface area contributed by atoms with Gasteiger partial charge in [-0.2, -0.15) is 5.10 Å². The van der Waals surface area contributed by atoms with Gasteiger partial charge in [-0.25, -0.2) is 0 Å². The number of aryl methyl sites for hydroxylation is 2. The number of nitrogens with one attached hydrogen (secondary N) is 1. The molecular weight excluding hydrogens is 204 g/mol. The van der Waals surface area contributed by atoms with Crippen LogP contribution < -0.4 is 5.32 Å². The van der Waals surface area contributed by atoms with Crippen LogP contribution in [0.2, 0.25) is 0 Å². The number of aromatic nitrogens is 2. The van der Waals surface area contributed by atoms with Crippen LogP contribution in [0.3, 0.4) is 0 Å². The van der Waals surface area contributed by atoms with Gasteiger partial charge in [0.25, 0.3) is 0 Å². The molecule has 1 fully saturated rings. The summed E-state index contributed by atoms with van der Waals surface area (Å²) in [5.74, 6) is 0.171. The van der Waals surface area contributed by atoms with Gasteiger partial charge in [-0.1, -0.05) is 0 Å². The molecule has 2 rings (SSSR count). The smallest absolute Gasteiger partial charge is 0.239 e. The van der Waals surface area contributed by atoms with Crippen molar-refractivity contribution in [1.82, 2.24) is 20.0 Å². The highest BCUT2D eigenvalue weighted by molar-refractivity contribution is 5.82. The Balaban J connectivity index is 2.09. The maximum Gasteiger partial charge on any atom is 0.239 e. The van der Waals surface area contributed by atoms with Crippen molar-refractivity contribution >= 4 is 5.91 Å². The van der Waals surface area contributed by atoms with Crippen molar-refractivity contribution < 1.29 is 4.79 Å². The van der Waals surface area contributed by atoms with Gasteiger partial charge in [0.1, 0.15) is 0 Å². The Morgan fingerprint density at radius 3 is 3.00 bits per heavy atom. The maximum absolute atomic E-state index is 11.9. The Labute approximate surface area is 95.4 Å². The van der Waals surface area contributed by atoms with E-state index in [1.54, 1.807) is 0 Å². The van der Waals surface area contributed by atoms with Crippen LogP contribution in [0.1, 0.15) is 18.3 Å². The SMILES string of the molecule is Cc1cc(CN2CCNC(C)C2=O)n(C)n1. The maximum atomic E-state index is 11.9. The Morgan fingerprint density at radius 2 is 2.38 bits per heavy atom. The minimum absolute atomic E-state index is 0.0666. The molecule has 1 N–H and O–H groups in total. The fourth-order valence-corrected chi connectivity index (χ4v) is 2.05. The molecule has 0 saturated carbocycles. The number of hydrogen-bond acceptors (Lipinski definition) is 3. The molecule has 1 aliphatic heterocycles. The molecule has 2 heterocycles. The monoisotopic (exact) mass is 222 g/mol. The van der Waals surface area contributed by atoms with E-state index >= 15 is 0 Å². The highest BCUT2D eigenvalue weighted by atomic mass is 16.2. The molecule has 0 radical (unpaired) electrons. The first kappa shape index (κ1) is 11.1. The molecule has 1 aromatic heterocycles. The zero-order valence-electron chi connectivity index (χ0n) is 10.0. The molecule has 1 saturated heterocycles. The van der Waals surface area contributed by atoms with Gasteiger partial charge in [-0.3, -0.25) is 9.48 Å². The van der Waals surface area contributed by atoms with Crippen LogP contribution in [0.4, 0.5) is 0 Å². The minimum Gasteiger partial charge on any atom is -0.334 e. The van der Waals surface area contributed by atoms with E-state index in [1.165, 1.54) is 0 Å². The van der Waals surface area contributed by atoms with Crippen molar-refractivity contribution in [3.05, 3.63) is 17.5 Å². The molecule has 1 unspecified atom stereocenters. The molecular formula is C11H18N4O. The number of piperazine rings is 1. The second-order valence-electron chi connectivity index (χ2n) is 4.34. The molecule has 0 aliphatic carbocycles. The third-order valence-electron chi connectivity index (χ3n) is 2.97. The molecule has 88 valence electrons. The predicted octanol–water partition coefficient (Wildman–Crippen LogP) is 0.0488. The number of carbonyl (C=O) groups is 1. The van der Waals surface area contributed by atoms with Gasteiger partial charge < -0.3 is 10.2 Å². The van der Waals surface area contributed by atoms with E-state index in [4.69, 9.17) is 0 Å². The fourth-order valence-electron chi connectivity index (χ4n) is 2.05. The van der Waals surface area contributed by atoms with Crippen LogP contribution in [0.5, 0.6) is 0 Å². The molecule has 1 amide bonds. The van der Waals surface area contributed by atoms with Crippen molar-refractivity contribution in [1.29, 1.82) is 0 Å². The van der Waals surface area contributed by atoms with E-state index in [2.05, 4.69) is 10.4 Å². The van der Waals surface area contributed by atoms with E-state index in [9.17, 15) is 4.79 Å². The molecule has 0 bridgehead atoms. The summed E-state index contributed by atoms with van der Waals surface area (Å²) >= 11 is 0. The first-order valence-corrected chi connectivity index (χ1v) is 5.59. The largest absolute Gasteiger partial charge is 0.334 e. The Bertz CT molecular complexity index is 399. The predicted molar refractivity (Wildman–Crippen MR) is 60.8 cm³/mol. The van der Waals surface area contributed by atoms with Crippen molar-refractivity contribution in [3.8, 4) is 0 Å². The lowest BCUT2D eigenvalue weighted by molar-refractivity contribution is -0.135. The summed E-state index contributed by atoms with van der Waals surface area (Å²) in [7, 11) is 1.92. The van der Waals surface area contributed by atoms with Gasteiger partial charge in [0, 0.05) is 20.1 Å². The Kier molecular flexibility index (Phi) is 2.96. The summed E-state index contributed by atoms with van der Waals surface area (Å²) in [6, 6.07) is 1.96. The second kappa shape index (κ2) is 4.25. The molecule has 5 heteroatoms. The van der Waals surface area contributed by atoms with Gasteiger partial charge in [-0.15, -0.1) is 0 Å². The van der Waals surface area contributed by atoms with Crippen molar-refractivity contribution in [3.63, 3.8) is 0 Å². The van der Waals surface area contributed by atoms with Crippen LogP contribution >= 0.6 is 0 Å². The van der Waals surface area contributed by atoms with Gasteiger partial charge in [0.2, 0.25) is 5.91 Å². The van der Waals surface area contributed by atoms with Crippen molar-refractivity contribution in [2.24, 2.45) is 7.05 Å². The van der Waals surface area contributed by atoms with E-state index in [0.29, 0.717) is 6.54 Å². The highest BCUT2D eigenvalue weighted by Gasteiger charge is 2.25. The van der Waals surface area contributed by atoms with Crippen LogP contribution in [0.15, 0.2) is 6.07 Å². The summed E-state index contributed by atoms with van der Waals surface area (Å²) in [6.45, 7) is 6.16. The van der Waals surface area contributed by atoms with Gasteiger partial charge in [-0.05, 0) is 19.9 Å². The number of nitrogens with zero attached hydrogens (tertiary/aromatic N) is 3. The van der Waals surface area contributed by atoms with Crippen LogP contribution in [0.25, 0.3) is 0 Å². The zero-order chi connectivity index (χ0) is 11.7. The van der Waals surface area contributed by atoms with Crippen molar-refractivity contribution in [2.75, 3.05) is 13.1 Å². The number of hydrogen-bond donors (Lipinski definition) is 1. The lowest BCUT2D eigenvalue weighted by Crippen LogP contribution is -2.53. The fraction of sp³-hybridized carbons (Fsp3) is 0.636. The quantitative estimate of drug-likeness (QED) is 0.769. The topological polar surface area (TPSA) is 50.2 Å². The van der Waals surface area contributed by atoms with E-state index < -0.39 is 0 Å². The molecule has 0 spiro atoms. The minimum atomic E-state index is -0.0666. The van der Waals surface area contributed by atoms with Gasteiger partial charge >= 0.3 is 0 Å². The molecule has 1 atom stereocenters. The average molecular weight is 222 g/mol. The molecule has 0 aromatic carbocycles. The number of rotatable bonds is 2. The normalized spacial score (nSPS) is 21.6. The first-order valence-electron chi connectivity index (χ1n) is 5.59. The summed E-state index contributed by atoms with van der Waals surface area (Å²) in [6.07, 6.45) is 0.